The Labute approximate surface area is 107 Å². The SMILES string of the molecule is CN(CC(Cl)Cl)C(=O)Cn1cc([N+](=O)[O-])cn1. The van der Waals surface area contributed by atoms with Crippen LogP contribution >= 0.6 is 23.2 Å². The van der Waals surface area contributed by atoms with E-state index < -0.39 is 9.76 Å². The fraction of sp³-hybridized carbons (Fsp3) is 0.500. The van der Waals surface area contributed by atoms with Crippen LogP contribution in [0.1, 0.15) is 0 Å². The second-order valence-electron chi connectivity index (χ2n) is 3.32. The van der Waals surface area contributed by atoms with E-state index >= 15 is 0 Å². The maximum absolute atomic E-state index is 11.6. The van der Waals surface area contributed by atoms with E-state index in [0.717, 1.165) is 6.20 Å². The maximum atomic E-state index is 11.6. The lowest BCUT2D eigenvalue weighted by atomic mass is 10.5. The van der Waals surface area contributed by atoms with Crippen LogP contribution in [0, 0.1) is 10.1 Å². The zero-order chi connectivity index (χ0) is 13.0. The van der Waals surface area contributed by atoms with Gasteiger partial charge in [-0.05, 0) is 0 Å². The Morgan fingerprint density at radius 2 is 2.35 bits per heavy atom. The molecule has 17 heavy (non-hydrogen) atoms. The highest BCUT2D eigenvalue weighted by molar-refractivity contribution is 6.44. The van der Waals surface area contributed by atoms with Gasteiger partial charge in [-0.2, -0.15) is 5.10 Å². The molecule has 0 aliphatic rings. The molecule has 0 saturated heterocycles. The number of hydrogen-bond donors (Lipinski definition) is 0. The van der Waals surface area contributed by atoms with Crippen molar-refractivity contribution in [1.29, 1.82) is 0 Å². The van der Waals surface area contributed by atoms with E-state index in [2.05, 4.69) is 5.10 Å². The van der Waals surface area contributed by atoms with E-state index in [4.69, 9.17) is 23.2 Å². The molecule has 0 aliphatic heterocycles. The molecule has 0 fully saturated rings. The molecule has 0 aromatic carbocycles. The first-order chi connectivity index (χ1) is 7.90. The summed E-state index contributed by atoms with van der Waals surface area (Å²) in [5.41, 5.74) is -0.159. The first-order valence-corrected chi connectivity index (χ1v) is 5.46. The van der Waals surface area contributed by atoms with Gasteiger partial charge in [0, 0.05) is 7.05 Å². The molecule has 1 rings (SSSR count). The number of nitrogens with zero attached hydrogens (tertiary/aromatic N) is 4. The summed E-state index contributed by atoms with van der Waals surface area (Å²) in [5, 5.41) is 14.1. The number of rotatable bonds is 5. The monoisotopic (exact) mass is 280 g/mol. The lowest BCUT2D eigenvalue weighted by Gasteiger charge is -2.17. The molecule has 1 aromatic rings. The van der Waals surface area contributed by atoms with Crippen molar-refractivity contribution in [1.82, 2.24) is 14.7 Å². The normalized spacial score (nSPS) is 10.6. The Hall–Kier alpha value is -1.34. The molecule has 0 atom stereocenters. The smallest absolute Gasteiger partial charge is 0.307 e. The first-order valence-electron chi connectivity index (χ1n) is 4.59. The number of likely N-dealkylation sites (N-methyl/N-ethyl adjacent to an activating group) is 1. The van der Waals surface area contributed by atoms with Crippen LogP contribution in [-0.4, -0.2) is 43.9 Å². The van der Waals surface area contributed by atoms with Crippen molar-refractivity contribution < 1.29 is 9.72 Å². The van der Waals surface area contributed by atoms with Gasteiger partial charge in [0.15, 0.2) is 0 Å². The Morgan fingerprint density at radius 3 is 2.82 bits per heavy atom. The van der Waals surface area contributed by atoms with Gasteiger partial charge in [0.05, 0.1) is 11.5 Å². The maximum Gasteiger partial charge on any atom is 0.307 e. The van der Waals surface area contributed by atoms with Gasteiger partial charge in [-0.25, -0.2) is 0 Å². The standard InChI is InChI=1S/C8H10Cl2N4O3/c1-12(4-7(9)10)8(15)5-13-3-6(2-11-13)14(16)17/h2-3,7H,4-5H2,1H3. The summed E-state index contributed by atoms with van der Waals surface area (Å²) in [6, 6.07) is 0. The van der Waals surface area contributed by atoms with Gasteiger partial charge in [0.2, 0.25) is 5.91 Å². The van der Waals surface area contributed by atoms with Crippen LogP contribution in [0.3, 0.4) is 0 Å². The Balaban J connectivity index is 2.58. The number of carbonyl (C=O) groups is 1. The topological polar surface area (TPSA) is 81.3 Å². The number of alkyl halides is 2. The second kappa shape index (κ2) is 5.83. The minimum Gasteiger partial charge on any atom is -0.341 e. The molecule has 0 bridgehead atoms. The zero-order valence-electron chi connectivity index (χ0n) is 8.92. The van der Waals surface area contributed by atoms with Gasteiger partial charge in [-0.1, -0.05) is 0 Å². The number of nitro groups is 1. The molecule has 0 aliphatic carbocycles. The fourth-order valence-corrected chi connectivity index (χ4v) is 1.52. The quantitative estimate of drug-likeness (QED) is 0.459. The third kappa shape index (κ3) is 4.20. The van der Waals surface area contributed by atoms with Gasteiger partial charge < -0.3 is 4.90 Å². The summed E-state index contributed by atoms with van der Waals surface area (Å²) in [7, 11) is 1.54. The molecule has 0 N–H and O–H groups in total. The van der Waals surface area contributed by atoms with E-state index in [0.29, 0.717) is 0 Å². The molecular weight excluding hydrogens is 271 g/mol. The summed E-state index contributed by atoms with van der Waals surface area (Å²) in [5.74, 6) is -0.283. The Bertz CT molecular complexity index is 421. The molecular formula is C8H10Cl2N4O3. The molecule has 94 valence electrons. The Kier molecular flexibility index (Phi) is 4.71. The first kappa shape index (κ1) is 13.7. The predicted molar refractivity (Wildman–Crippen MR) is 62.0 cm³/mol. The molecule has 0 unspecified atom stereocenters. The molecule has 1 aromatic heterocycles. The summed E-state index contributed by atoms with van der Waals surface area (Å²) in [6.07, 6.45) is 2.27. The summed E-state index contributed by atoms with van der Waals surface area (Å²) in [4.78, 5) is 22.1. The van der Waals surface area contributed by atoms with Crippen molar-refractivity contribution in [3.63, 3.8) is 0 Å². The number of hydrogen-bond acceptors (Lipinski definition) is 4. The molecule has 7 nitrogen and oxygen atoms in total. The third-order valence-corrected chi connectivity index (χ3v) is 2.24. The number of carbonyl (C=O) groups excluding carboxylic acids is 1. The van der Waals surface area contributed by atoms with Crippen molar-refractivity contribution in [2.45, 2.75) is 11.4 Å². The van der Waals surface area contributed by atoms with Crippen molar-refractivity contribution in [2.24, 2.45) is 0 Å². The summed E-state index contributed by atoms with van der Waals surface area (Å²) < 4.78 is 1.19. The largest absolute Gasteiger partial charge is 0.341 e. The van der Waals surface area contributed by atoms with Gasteiger partial charge in [-0.3, -0.25) is 19.6 Å². The van der Waals surface area contributed by atoms with E-state index in [1.807, 2.05) is 0 Å². The van der Waals surface area contributed by atoms with E-state index in [1.165, 1.54) is 22.8 Å². The number of halogens is 2. The van der Waals surface area contributed by atoms with Gasteiger partial charge >= 0.3 is 5.69 Å². The van der Waals surface area contributed by atoms with Crippen LogP contribution in [0.2, 0.25) is 0 Å². The molecule has 9 heteroatoms. The third-order valence-electron chi connectivity index (χ3n) is 1.97. The van der Waals surface area contributed by atoms with Gasteiger partial charge in [0.1, 0.15) is 23.8 Å². The van der Waals surface area contributed by atoms with Crippen LogP contribution in [0.5, 0.6) is 0 Å². The highest BCUT2D eigenvalue weighted by atomic mass is 35.5. The highest BCUT2D eigenvalue weighted by Crippen LogP contribution is 2.08. The fourth-order valence-electron chi connectivity index (χ4n) is 1.10. The highest BCUT2D eigenvalue weighted by Gasteiger charge is 2.15. The minimum atomic E-state index is -0.670. The molecule has 0 saturated carbocycles. The van der Waals surface area contributed by atoms with E-state index in [-0.39, 0.29) is 24.7 Å². The average Bonchev–Trinajstić information content (AvgIpc) is 2.65. The van der Waals surface area contributed by atoms with Crippen LogP contribution in [0.15, 0.2) is 12.4 Å². The Morgan fingerprint density at radius 1 is 1.71 bits per heavy atom. The van der Waals surface area contributed by atoms with Crippen molar-refractivity contribution in [2.75, 3.05) is 13.6 Å². The van der Waals surface area contributed by atoms with Crippen LogP contribution < -0.4 is 0 Å². The zero-order valence-corrected chi connectivity index (χ0v) is 10.4. The number of amides is 1. The minimum absolute atomic E-state index is 0.0924. The van der Waals surface area contributed by atoms with E-state index in [1.54, 1.807) is 0 Å². The van der Waals surface area contributed by atoms with E-state index in [9.17, 15) is 14.9 Å². The predicted octanol–water partition coefficient (Wildman–Crippen LogP) is 1.05. The molecule has 0 spiro atoms. The molecule has 0 radical (unpaired) electrons. The van der Waals surface area contributed by atoms with Crippen LogP contribution in [-0.2, 0) is 11.3 Å². The van der Waals surface area contributed by atoms with Crippen LogP contribution in [0.25, 0.3) is 0 Å². The van der Waals surface area contributed by atoms with Crippen molar-refractivity contribution in [3.05, 3.63) is 22.5 Å². The van der Waals surface area contributed by atoms with Crippen molar-refractivity contribution in [3.8, 4) is 0 Å². The van der Waals surface area contributed by atoms with Crippen molar-refractivity contribution >= 4 is 34.8 Å². The van der Waals surface area contributed by atoms with Gasteiger partial charge in [0.25, 0.3) is 0 Å². The van der Waals surface area contributed by atoms with Gasteiger partial charge in [-0.15, -0.1) is 23.2 Å². The second-order valence-corrected chi connectivity index (χ2v) is 4.60. The lowest BCUT2D eigenvalue weighted by molar-refractivity contribution is -0.385. The summed E-state index contributed by atoms with van der Waals surface area (Å²) in [6.45, 7) is 0.0934. The summed E-state index contributed by atoms with van der Waals surface area (Å²) >= 11 is 11.1. The number of aromatic nitrogens is 2. The van der Waals surface area contributed by atoms with Crippen LogP contribution in [0.4, 0.5) is 5.69 Å². The average molecular weight is 281 g/mol. The molecule has 1 heterocycles. The lowest BCUT2D eigenvalue weighted by Crippen LogP contribution is -2.33. The molecule has 1 amide bonds.